The van der Waals surface area contributed by atoms with Crippen molar-refractivity contribution in [1.29, 1.82) is 0 Å². The van der Waals surface area contributed by atoms with Gasteiger partial charge < -0.3 is 9.31 Å². The zero-order chi connectivity index (χ0) is 11.4. The van der Waals surface area contributed by atoms with E-state index in [4.69, 9.17) is 9.31 Å². The summed E-state index contributed by atoms with van der Waals surface area (Å²) in [5.74, 6) is 1.96. The summed E-state index contributed by atoms with van der Waals surface area (Å²) >= 11 is 0. The first-order valence-corrected chi connectivity index (χ1v) is 5.62. The molecule has 1 aliphatic heterocycles. The Bertz CT molecular complexity index is 349. The van der Waals surface area contributed by atoms with Crippen molar-refractivity contribution >= 4 is 13.2 Å². The monoisotopic (exact) mass is 216 g/mol. The van der Waals surface area contributed by atoms with Crippen molar-refractivity contribution < 1.29 is 9.31 Å². The van der Waals surface area contributed by atoms with E-state index >= 15 is 0 Å². The summed E-state index contributed by atoms with van der Waals surface area (Å²) in [4.78, 5) is 0. The number of hydrogen-bond acceptors (Lipinski definition) is 2. The molecule has 84 valence electrons. The summed E-state index contributed by atoms with van der Waals surface area (Å²) < 4.78 is 11.2. The molecule has 0 saturated carbocycles. The van der Waals surface area contributed by atoms with E-state index in [9.17, 15) is 0 Å². The molecule has 0 atom stereocenters. The Balaban J connectivity index is 1.90. The second-order valence-corrected chi connectivity index (χ2v) is 4.92. The fourth-order valence-electron chi connectivity index (χ4n) is 1.57. The largest absolute Gasteiger partial charge is 0.486 e. The van der Waals surface area contributed by atoms with Gasteiger partial charge in [0.1, 0.15) is 0 Å². The smallest absolute Gasteiger partial charge is 0.407 e. The quantitative estimate of drug-likeness (QED) is 0.707. The predicted octanol–water partition coefficient (Wildman–Crippen LogP) is 2.80. The first-order chi connectivity index (χ1) is 7.66. The van der Waals surface area contributed by atoms with Crippen LogP contribution in [0.2, 0.25) is 0 Å². The molecule has 0 unspecified atom stereocenters. The number of benzene rings is 1. The van der Waals surface area contributed by atoms with Crippen molar-refractivity contribution in [1.82, 2.24) is 0 Å². The van der Waals surface area contributed by atoms with Crippen LogP contribution in [0.4, 0.5) is 0 Å². The molecule has 1 aromatic rings. The molecule has 0 aliphatic carbocycles. The minimum atomic E-state index is -0.201. The Hall–Kier alpha value is -1.06. The molecule has 1 aromatic carbocycles. The van der Waals surface area contributed by atoms with Crippen LogP contribution in [0, 0.1) is 5.41 Å². The lowest BCUT2D eigenvalue weighted by atomic mass is 9.83. The third-order valence-electron chi connectivity index (χ3n) is 2.52. The van der Waals surface area contributed by atoms with Crippen LogP contribution in [0.15, 0.2) is 36.3 Å². The van der Waals surface area contributed by atoms with Gasteiger partial charge in [0.25, 0.3) is 0 Å². The van der Waals surface area contributed by atoms with Gasteiger partial charge in [-0.3, -0.25) is 0 Å². The van der Waals surface area contributed by atoms with Crippen molar-refractivity contribution in [3.8, 4) is 0 Å². The molecular formula is C13H17BO2. The van der Waals surface area contributed by atoms with Gasteiger partial charge in [-0.05, 0) is 5.56 Å². The summed E-state index contributed by atoms with van der Waals surface area (Å²) in [6.07, 6.45) is 2.03. The highest BCUT2D eigenvalue weighted by Gasteiger charge is 2.30. The van der Waals surface area contributed by atoms with Crippen LogP contribution in [-0.2, 0) is 9.31 Å². The Morgan fingerprint density at radius 3 is 2.38 bits per heavy atom. The molecule has 3 heteroatoms. The average Bonchev–Trinajstić information content (AvgIpc) is 2.29. The molecule has 1 aliphatic rings. The molecule has 0 amide bonds. The molecule has 1 fully saturated rings. The topological polar surface area (TPSA) is 18.5 Å². The van der Waals surface area contributed by atoms with E-state index in [1.165, 1.54) is 5.56 Å². The number of rotatable bonds is 2. The van der Waals surface area contributed by atoms with E-state index in [0.717, 1.165) is 13.2 Å². The average molecular weight is 216 g/mol. The Labute approximate surface area is 97.4 Å². The maximum absolute atomic E-state index is 5.61. The molecule has 1 heterocycles. The first-order valence-electron chi connectivity index (χ1n) is 5.62. The van der Waals surface area contributed by atoms with Crippen molar-refractivity contribution in [3.05, 3.63) is 41.9 Å². The highest BCUT2D eigenvalue weighted by Crippen LogP contribution is 2.21. The third-order valence-corrected chi connectivity index (χ3v) is 2.52. The van der Waals surface area contributed by atoms with Crippen molar-refractivity contribution in [2.24, 2.45) is 5.41 Å². The minimum absolute atomic E-state index is 0.136. The summed E-state index contributed by atoms with van der Waals surface area (Å²) in [5.41, 5.74) is 1.30. The van der Waals surface area contributed by atoms with E-state index in [1.807, 2.05) is 30.3 Å². The van der Waals surface area contributed by atoms with Gasteiger partial charge in [-0.15, -0.1) is 0 Å². The van der Waals surface area contributed by atoms with Gasteiger partial charge in [-0.25, -0.2) is 0 Å². The van der Waals surface area contributed by atoms with E-state index in [2.05, 4.69) is 26.0 Å². The predicted molar refractivity (Wildman–Crippen MR) is 66.9 cm³/mol. The normalized spacial score (nSPS) is 20.2. The standard InChI is InChI=1S/C13H17BO2/c1-13(2)10-15-14(16-11-13)9-8-12-6-4-3-5-7-12/h3-9H,10-11H2,1-2H3. The molecule has 0 N–H and O–H groups in total. The molecule has 0 radical (unpaired) electrons. The molecular weight excluding hydrogens is 199 g/mol. The van der Waals surface area contributed by atoms with Gasteiger partial charge in [0, 0.05) is 18.6 Å². The molecule has 0 bridgehead atoms. The second-order valence-electron chi connectivity index (χ2n) is 4.92. The van der Waals surface area contributed by atoms with E-state index in [1.54, 1.807) is 0 Å². The van der Waals surface area contributed by atoms with E-state index < -0.39 is 0 Å². The fourth-order valence-corrected chi connectivity index (χ4v) is 1.57. The molecule has 0 spiro atoms. The summed E-state index contributed by atoms with van der Waals surface area (Å²) in [6.45, 7) is 5.78. The number of hydrogen-bond donors (Lipinski definition) is 0. The van der Waals surface area contributed by atoms with E-state index in [0.29, 0.717) is 0 Å². The highest BCUT2D eigenvalue weighted by atomic mass is 16.6. The van der Waals surface area contributed by atoms with Gasteiger partial charge >= 0.3 is 7.12 Å². The molecule has 2 rings (SSSR count). The van der Waals surface area contributed by atoms with Crippen molar-refractivity contribution in [2.45, 2.75) is 13.8 Å². The molecule has 0 aromatic heterocycles. The minimum Gasteiger partial charge on any atom is -0.407 e. The van der Waals surface area contributed by atoms with E-state index in [-0.39, 0.29) is 12.5 Å². The zero-order valence-corrected chi connectivity index (χ0v) is 9.85. The molecule has 2 nitrogen and oxygen atoms in total. The second kappa shape index (κ2) is 4.85. The van der Waals surface area contributed by atoms with Crippen molar-refractivity contribution in [3.63, 3.8) is 0 Å². The Kier molecular flexibility index (Phi) is 3.47. The summed E-state index contributed by atoms with van der Waals surface area (Å²) in [6, 6.07) is 10.2. The Morgan fingerprint density at radius 1 is 1.12 bits per heavy atom. The van der Waals surface area contributed by atoms with Gasteiger partial charge in [0.2, 0.25) is 0 Å². The highest BCUT2D eigenvalue weighted by molar-refractivity contribution is 6.51. The first kappa shape index (κ1) is 11.4. The van der Waals surface area contributed by atoms with Crippen LogP contribution in [0.25, 0.3) is 6.08 Å². The lowest BCUT2D eigenvalue weighted by molar-refractivity contribution is 0.0337. The van der Waals surface area contributed by atoms with Gasteiger partial charge in [-0.1, -0.05) is 56.2 Å². The van der Waals surface area contributed by atoms with Crippen LogP contribution in [0.3, 0.4) is 0 Å². The SMILES string of the molecule is CC1(C)COB(C=Cc2ccccc2)OC1. The Morgan fingerprint density at radius 2 is 1.75 bits per heavy atom. The van der Waals surface area contributed by atoms with Gasteiger partial charge in [-0.2, -0.15) is 0 Å². The van der Waals surface area contributed by atoms with Crippen molar-refractivity contribution in [2.75, 3.05) is 13.2 Å². The van der Waals surface area contributed by atoms with Crippen LogP contribution in [0.5, 0.6) is 0 Å². The van der Waals surface area contributed by atoms with Gasteiger partial charge in [0.15, 0.2) is 0 Å². The zero-order valence-electron chi connectivity index (χ0n) is 9.85. The maximum Gasteiger partial charge on any atom is 0.486 e. The van der Waals surface area contributed by atoms with Crippen LogP contribution >= 0.6 is 0 Å². The third kappa shape index (κ3) is 3.22. The van der Waals surface area contributed by atoms with Crippen LogP contribution < -0.4 is 0 Å². The summed E-state index contributed by atoms with van der Waals surface area (Å²) in [5, 5.41) is 0. The lowest BCUT2D eigenvalue weighted by Crippen LogP contribution is -2.39. The van der Waals surface area contributed by atoms with Gasteiger partial charge in [0.05, 0.1) is 0 Å². The van der Waals surface area contributed by atoms with Crippen LogP contribution in [0.1, 0.15) is 19.4 Å². The fraction of sp³-hybridized carbons (Fsp3) is 0.385. The van der Waals surface area contributed by atoms with Crippen LogP contribution in [-0.4, -0.2) is 20.3 Å². The molecule has 16 heavy (non-hydrogen) atoms. The molecule has 1 saturated heterocycles. The summed E-state index contributed by atoms with van der Waals surface area (Å²) in [7, 11) is -0.201. The lowest BCUT2D eigenvalue weighted by Gasteiger charge is -2.31. The maximum atomic E-state index is 5.61.